The van der Waals surface area contributed by atoms with Crippen LogP contribution >= 0.6 is 0 Å². The smallest absolute Gasteiger partial charge is 0.250 e. The van der Waals surface area contributed by atoms with Gasteiger partial charge in [0.1, 0.15) is 6.33 Å². The summed E-state index contributed by atoms with van der Waals surface area (Å²) in [6.07, 6.45) is 2.96. The van der Waals surface area contributed by atoms with Gasteiger partial charge in [-0.2, -0.15) is 0 Å². The molecular formula is C14H12N6O. The average molecular weight is 280 g/mol. The van der Waals surface area contributed by atoms with Crippen LogP contribution in [-0.4, -0.2) is 25.7 Å². The number of nitrogen functional groups attached to an aromatic ring is 1. The molecule has 2 heterocycles. The highest BCUT2D eigenvalue weighted by atomic mass is 16.1. The first-order chi connectivity index (χ1) is 10.1. The maximum absolute atomic E-state index is 11.0. The molecule has 0 atom stereocenters. The molecule has 3 rings (SSSR count). The van der Waals surface area contributed by atoms with Gasteiger partial charge in [0.05, 0.1) is 5.56 Å². The van der Waals surface area contributed by atoms with Crippen molar-refractivity contribution in [3.05, 3.63) is 54.5 Å². The summed E-state index contributed by atoms with van der Waals surface area (Å²) >= 11 is 0. The molecule has 21 heavy (non-hydrogen) atoms. The predicted octanol–water partition coefficient (Wildman–Crippen LogP) is 1.01. The number of nitrogens with zero attached hydrogens (tertiary/aromatic N) is 4. The Balaban J connectivity index is 1.90. The molecule has 0 radical (unpaired) electrons. The van der Waals surface area contributed by atoms with Gasteiger partial charge in [0.15, 0.2) is 11.6 Å². The van der Waals surface area contributed by atoms with Crippen LogP contribution in [0.25, 0.3) is 17.2 Å². The number of primary amides is 1. The molecule has 104 valence electrons. The third-order valence-electron chi connectivity index (χ3n) is 2.93. The summed E-state index contributed by atoms with van der Waals surface area (Å²) in [7, 11) is 0. The summed E-state index contributed by atoms with van der Waals surface area (Å²) < 4.78 is 1.52. The van der Waals surface area contributed by atoms with Crippen molar-refractivity contribution in [1.29, 1.82) is 0 Å². The molecule has 0 bridgehead atoms. The number of carbonyl (C=O) groups is 1. The maximum Gasteiger partial charge on any atom is 0.250 e. The lowest BCUT2D eigenvalue weighted by atomic mass is 10.2. The van der Waals surface area contributed by atoms with Crippen molar-refractivity contribution < 1.29 is 4.79 Å². The summed E-state index contributed by atoms with van der Waals surface area (Å²) in [5, 5.41) is 4.34. The van der Waals surface area contributed by atoms with Crippen molar-refractivity contribution >= 4 is 11.6 Å². The largest absolute Gasteiger partial charge is 0.399 e. The number of anilines is 1. The molecular weight excluding hydrogens is 268 g/mol. The molecule has 0 spiro atoms. The van der Waals surface area contributed by atoms with Crippen molar-refractivity contribution in [2.24, 2.45) is 5.73 Å². The Bertz CT molecular complexity index is 776. The monoisotopic (exact) mass is 280 g/mol. The van der Waals surface area contributed by atoms with Crippen LogP contribution in [0.1, 0.15) is 10.4 Å². The lowest BCUT2D eigenvalue weighted by Crippen LogP contribution is -2.11. The highest BCUT2D eigenvalue weighted by molar-refractivity contribution is 5.92. The van der Waals surface area contributed by atoms with Crippen molar-refractivity contribution in [3.63, 3.8) is 0 Å². The van der Waals surface area contributed by atoms with Crippen molar-refractivity contribution in [2.45, 2.75) is 0 Å². The lowest BCUT2D eigenvalue weighted by Gasteiger charge is -2.00. The number of aromatic nitrogens is 4. The van der Waals surface area contributed by atoms with E-state index in [1.165, 1.54) is 10.9 Å². The van der Waals surface area contributed by atoms with E-state index in [-0.39, 0.29) is 0 Å². The van der Waals surface area contributed by atoms with Gasteiger partial charge in [-0.1, -0.05) is 0 Å². The zero-order valence-electron chi connectivity index (χ0n) is 11.0. The van der Waals surface area contributed by atoms with Crippen LogP contribution in [0, 0.1) is 0 Å². The molecule has 0 saturated heterocycles. The second-order valence-corrected chi connectivity index (χ2v) is 4.40. The molecule has 3 aromatic rings. The van der Waals surface area contributed by atoms with E-state index in [9.17, 15) is 4.79 Å². The van der Waals surface area contributed by atoms with E-state index in [0.29, 0.717) is 22.9 Å². The molecule has 7 nitrogen and oxygen atoms in total. The van der Waals surface area contributed by atoms with Crippen LogP contribution < -0.4 is 11.5 Å². The number of pyridine rings is 1. The molecule has 4 N–H and O–H groups in total. The quantitative estimate of drug-likeness (QED) is 0.695. The number of nitrogens with two attached hydrogens (primary N) is 2. The van der Waals surface area contributed by atoms with E-state index in [4.69, 9.17) is 11.5 Å². The van der Waals surface area contributed by atoms with Crippen LogP contribution in [0.2, 0.25) is 0 Å². The van der Waals surface area contributed by atoms with Gasteiger partial charge in [-0.3, -0.25) is 4.79 Å². The maximum atomic E-state index is 11.0. The van der Waals surface area contributed by atoms with E-state index < -0.39 is 5.91 Å². The Kier molecular flexibility index (Phi) is 3.07. The topological polar surface area (TPSA) is 113 Å². The Morgan fingerprint density at radius 1 is 1.05 bits per heavy atom. The molecule has 1 aromatic carbocycles. The van der Waals surface area contributed by atoms with E-state index in [1.807, 2.05) is 12.1 Å². The molecule has 0 unspecified atom stereocenters. The number of carbonyl (C=O) groups excluding carboxylic acids is 1. The van der Waals surface area contributed by atoms with Gasteiger partial charge >= 0.3 is 0 Å². The number of hydrogen-bond donors (Lipinski definition) is 2. The Hall–Kier alpha value is -3.22. The van der Waals surface area contributed by atoms with E-state index >= 15 is 0 Å². The molecule has 0 fully saturated rings. The van der Waals surface area contributed by atoms with Gasteiger partial charge in [0, 0.05) is 17.4 Å². The zero-order valence-corrected chi connectivity index (χ0v) is 11.0. The van der Waals surface area contributed by atoms with Crippen molar-refractivity contribution in [2.75, 3.05) is 5.73 Å². The van der Waals surface area contributed by atoms with Gasteiger partial charge in [0.2, 0.25) is 5.91 Å². The molecule has 7 heteroatoms. The molecule has 1 amide bonds. The van der Waals surface area contributed by atoms with E-state index in [2.05, 4.69) is 15.1 Å². The highest BCUT2D eigenvalue weighted by Gasteiger charge is 2.07. The van der Waals surface area contributed by atoms with Gasteiger partial charge in [0.25, 0.3) is 0 Å². The molecule has 0 aliphatic heterocycles. The summed E-state index contributed by atoms with van der Waals surface area (Å²) in [5.41, 5.74) is 12.7. The average Bonchev–Trinajstić information content (AvgIpc) is 2.98. The first-order valence-electron chi connectivity index (χ1n) is 6.17. The normalized spacial score (nSPS) is 10.5. The van der Waals surface area contributed by atoms with Crippen molar-refractivity contribution in [3.8, 4) is 17.2 Å². The second-order valence-electron chi connectivity index (χ2n) is 4.40. The number of benzene rings is 1. The fourth-order valence-corrected chi connectivity index (χ4v) is 1.81. The molecule has 0 saturated carbocycles. The fourth-order valence-electron chi connectivity index (χ4n) is 1.81. The second kappa shape index (κ2) is 5.04. The lowest BCUT2D eigenvalue weighted by molar-refractivity contribution is 0.1000. The summed E-state index contributed by atoms with van der Waals surface area (Å²) in [6.45, 7) is 0. The third-order valence-corrected chi connectivity index (χ3v) is 2.93. The summed E-state index contributed by atoms with van der Waals surface area (Å²) in [5.74, 6) is 0.597. The van der Waals surface area contributed by atoms with Gasteiger partial charge < -0.3 is 11.5 Å². The van der Waals surface area contributed by atoms with Crippen LogP contribution in [0.3, 0.4) is 0 Å². The highest BCUT2D eigenvalue weighted by Crippen LogP contribution is 2.16. The minimum atomic E-state index is -0.518. The molecule has 0 aliphatic rings. The van der Waals surface area contributed by atoms with Gasteiger partial charge in [-0.25, -0.2) is 14.6 Å². The predicted molar refractivity (Wildman–Crippen MR) is 77.5 cm³/mol. The van der Waals surface area contributed by atoms with Crippen LogP contribution in [0.15, 0.2) is 48.9 Å². The summed E-state index contributed by atoms with van der Waals surface area (Å²) in [6, 6.07) is 10.5. The van der Waals surface area contributed by atoms with Crippen LogP contribution in [0.5, 0.6) is 0 Å². The standard InChI is InChI=1S/C14H12N6O/c15-11-4-1-9(2-5-11)14-18-8-20(19-14)12-6-3-10(7-17-12)13(16)21/h1-8H,15H2,(H2,16,21). The first-order valence-corrected chi connectivity index (χ1v) is 6.17. The fraction of sp³-hybridized carbons (Fsp3) is 0. The van der Waals surface area contributed by atoms with Crippen molar-refractivity contribution in [1.82, 2.24) is 19.7 Å². The SMILES string of the molecule is NC(=O)c1ccc(-n2cnc(-c3ccc(N)cc3)n2)nc1. The van der Waals surface area contributed by atoms with E-state index in [0.717, 1.165) is 5.56 Å². The van der Waals surface area contributed by atoms with Gasteiger partial charge in [-0.05, 0) is 36.4 Å². The van der Waals surface area contributed by atoms with E-state index in [1.54, 1.807) is 30.6 Å². The first kappa shape index (κ1) is 12.8. The number of rotatable bonds is 3. The van der Waals surface area contributed by atoms with Crippen LogP contribution in [0.4, 0.5) is 5.69 Å². The Morgan fingerprint density at radius 2 is 1.81 bits per heavy atom. The zero-order chi connectivity index (χ0) is 14.8. The van der Waals surface area contributed by atoms with Crippen LogP contribution in [-0.2, 0) is 0 Å². The molecule has 0 aliphatic carbocycles. The number of hydrogen-bond acceptors (Lipinski definition) is 5. The number of amides is 1. The molecule has 2 aromatic heterocycles. The third kappa shape index (κ3) is 2.57. The Morgan fingerprint density at radius 3 is 2.43 bits per heavy atom. The van der Waals surface area contributed by atoms with Gasteiger partial charge in [-0.15, -0.1) is 5.10 Å². The minimum Gasteiger partial charge on any atom is -0.399 e. The Labute approximate surface area is 120 Å². The minimum absolute atomic E-state index is 0.345. The summed E-state index contributed by atoms with van der Waals surface area (Å²) in [4.78, 5) is 19.4.